The van der Waals surface area contributed by atoms with Crippen molar-refractivity contribution in [2.24, 2.45) is 17.1 Å². The van der Waals surface area contributed by atoms with Gasteiger partial charge in [0.15, 0.2) is 0 Å². The summed E-state index contributed by atoms with van der Waals surface area (Å²) in [5.41, 5.74) is 9.33. The van der Waals surface area contributed by atoms with Crippen LogP contribution in [0.3, 0.4) is 0 Å². The lowest BCUT2D eigenvalue weighted by molar-refractivity contribution is 0.348. The zero-order valence-corrected chi connectivity index (χ0v) is 9.99. The van der Waals surface area contributed by atoms with E-state index < -0.39 is 0 Å². The molecule has 1 aromatic carbocycles. The van der Waals surface area contributed by atoms with E-state index in [1.807, 2.05) is 0 Å². The van der Waals surface area contributed by atoms with Crippen molar-refractivity contribution in [3.8, 4) is 5.75 Å². The van der Waals surface area contributed by atoms with E-state index in [0.717, 1.165) is 18.8 Å². The van der Waals surface area contributed by atoms with Crippen molar-refractivity contribution in [2.75, 3.05) is 6.61 Å². The number of rotatable bonds is 2. The normalized spacial score (nSPS) is 27.1. The first-order valence-electron chi connectivity index (χ1n) is 6.10. The van der Waals surface area contributed by atoms with Gasteiger partial charge in [-0.3, -0.25) is 0 Å². The monoisotopic (exact) mass is 217 g/mol. The molecule has 2 heteroatoms. The molecule has 0 spiro atoms. The summed E-state index contributed by atoms with van der Waals surface area (Å²) in [6.07, 6.45) is 2.27. The molecule has 0 aromatic heterocycles. The number of nitrogens with two attached hydrogens (primary N) is 1. The Balaban J connectivity index is 1.93. The lowest BCUT2D eigenvalue weighted by Crippen LogP contribution is -2.16. The van der Waals surface area contributed by atoms with E-state index in [2.05, 4.69) is 32.0 Å². The minimum atomic E-state index is 0.142. The van der Waals surface area contributed by atoms with E-state index in [-0.39, 0.29) is 6.04 Å². The molecule has 86 valence electrons. The molecule has 0 amide bonds. The smallest absolute Gasteiger partial charge is 0.127 e. The lowest BCUT2D eigenvalue weighted by atomic mass is 9.95. The molecule has 2 aliphatic rings. The van der Waals surface area contributed by atoms with Crippen LogP contribution in [0.25, 0.3) is 0 Å². The summed E-state index contributed by atoms with van der Waals surface area (Å²) in [5.74, 6) is 1.68. The second kappa shape index (κ2) is 3.24. The SMILES string of the molecule is CC1(C)CC1C(N)c1cccc2c1OCC2. The minimum absolute atomic E-state index is 0.142. The van der Waals surface area contributed by atoms with Crippen LogP contribution in [0.1, 0.15) is 37.4 Å². The molecule has 1 saturated carbocycles. The third kappa shape index (κ3) is 1.44. The van der Waals surface area contributed by atoms with Crippen molar-refractivity contribution in [1.29, 1.82) is 0 Å². The maximum absolute atomic E-state index is 6.37. The molecule has 2 unspecified atom stereocenters. The maximum atomic E-state index is 6.37. The average Bonchev–Trinajstić information content (AvgIpc) is 2.71. The fourth-order valence-corrected chi connectivity index (χ4v) is 2.84. The quantitative estimate of drug-likeness (QED) is 0.826. The summed E-state index contributed by atoms with van der Waals surface area (Å²) in [7, 11) is 0. The minimum Gasteiger partial charge on any atom is -0.493 e. The summed E-state index contributed by atoms with van der Waals surface area (Å²) in [6, 6.07) is 6.53. The number of ether oxygens (including phenoxy) is 1. The van der Waals surface area contributed by atoms with Crippen molar-refractivity contribution in [3.63, 3.8) is 0 Å². The van der Waals surface area contributed by atoms with Crippen molar-refractivity contribution < 1.29 is 4.74 Å². The Labute approximate surface area is 96.8 Å². The van der Waals surface area contributed by atoms with Crippen LogP contribution in [0.15, 0.2) is 18.2 Å². The van der Waals surface area contributed by atoms with E-state index in [1.165, 1.54) is 17.5 Å². The van der Waals surface area contributed by atoms with Crippen LogP contribution >= 0.6 is 0 Å². The molecule has 1 fully saturated rings. The summed E-state index contributed by atoms with van der Waals surface area (Å²) in [5, 5.41) is 0. The number of hydrogen-bond donors (Lipinski definition) is 1. The lowest BCUT2D eigenvalue weighted by Gasteiger charge is -2.17. The molecule has 1 heterocycles. The molecule has 2 N–H and O–H groups in total. The molecule has 2 atom stereocenters. The Kier molecular flexibility index (Phi) is 2.05. The van der Waals surface area contributed by atoms with Gasteiger partial charge in [0, 0.05) is 18.0 Å². The Hall–Kier alpha value is -1.02. The third-order valence-electron chi connectivity index (χ3n) is 4.13. The van der Waals surface area contributed by atoms with E-state index in [4.69, 9.17) is 10.5 Å². The average molecular weight is 217 g/mol. The van der Waals surface area contributed by atoms with Crippen LogP contribution in [-0.2, 0) is 6.42 Å². The number of para-hydroxylation sites is 1. The van der Waals surface area contributed by atoms with Crippen molar-refractivity contribution in [2.45, 2.75) is 32.7 Å². The molecule has 16 heavy (non-hydrogen) atoms. The van der Waals surface area contributed by atoms with Crippen molar-refractivity contribution in [3.05, 3.63) is 29.3 Å². The van der Waals surface area contributed by atoms with Crippen molar-refractivity contribution >= 4 is 0 Å². The summed E-state index contributed by atoms with van der Waals surface area (Å²) >= 11 is 0. The largest absolute Gasteiger partial charge is 0.493 e. The Bertz CT molecular complexity index is 425. The summed E-state index contributed by atoms with van der Waals surface area (Å²) < 4.78 is 5.72. The van der Waals surface area contributed by atoms with Crippen LogP contribution in [0.4, 0.5) is 0 Å². The van der Waals surface area contributed by atoms with Gasteiger partial charge in [-0.2, -0.15) is 0 Å². The molecule has 0 bridgehead atoms. The van der Waals surface area contributed by atoms with E-state index in [1.54, 1.807) is 0 Å². The molecular weight excluding hydrogens is 198 g/mol. The zero-order valence-electron chi connectivity index (χ0n) is 9.99. The van der Waals surface area contributed by atoms with Gasteiger partial charge in [-0.05, 0) is 23.3 Å². The van der Waals surface area contributed by atoms with Crippen LogP contribution < -0.4 is 10.5 Å². The summed E-state index contributed by atoms with van der Waals surface area (Å²) in [4.78, 5) is 0. The molecule has 1 aromatic rings. The van der Waals surface area contributed by atoms with Crippen LogP contribution in [0.2, 0.25) is 0 Å². The number of benzene rings is 1. The number of hydrogen-bond acceptors (Lipinski definition) is 2. The van der Waals surface area contributed by atoms with Crippen molar-refractivity contribution in [1.82, 2.24) is 0 Å². The van der Waals surface area contributed by atoms with Gasteiger partial charge in [-0.15, -0.1) is 0 Å². The highest BCUT2D eigenvalue weighted by atomic mass is 16.5. The van der Waals surface area contributed by atoms with Gasteiger partial charge in [0.05, 0.1) is 6.61 Å². The van der Waals surface area contributed by atoms with E-state index in [9.17, 15) is 0 Å². The zero-order chi connectivity index (χ0) is 11.3. The molecule has 3 rings (SSSR count). The second-order valence-corrected chi connectivity index (χ2v) is 5.76. The third-order valence-corrected chi connectivity index (χ3v) is 4.13. The van der Waals surface area contributed by atoms with Gasteiger partial charge in [-0.25, -0.2) is 0 Å². The first kappa shape index (κ1) is 10.2. The van der Waals surface area contributed by atoms with E-state index in [0.29, 0.717) is 11.3 Å². The van der Waals surface area contributed by atoms with E-state index >= 15 is 0 Å². The van der Waals surface area contributed by atoms with Crippen LogP contribution in [0, 0.1) is 11.3 Å². The van der Waals surface area contributed by atoms with Crippen LogP contribution in [0.5, 0.6) is 5.75 Å². The standard InChI is InChI=1S/C14H19NO/c1-14(2)8-11(14)12(15)10-5-3-4-9-6-7-16-13(9)10/h3-5,11-12H,6-8,15H2,1-2H3. The molecule has 0 saturated heterocycles. The topological polar surface area (TPSA) is 35.2 Å². The van der Waals surface area contributed by atoms with Gasteiger partial charge in [0.25, 0.3) is 0 Å². The first-order chi connectivity index (χ1) is 7.59. The maximum Gasteiger partial charge on any atom is 0.127 e. The van der Waals surface area contributed by atoms with Gasteiger partial charge in [-0.1, -0.05) is 32.0 Å². The second-order valence-electron chi connectivity index (χ2n) is 5.76. The van der Waals surface area contributed by atoms with Gasteiger partial charge in [0.2, 0.25) is 0 Å². The predicted molar refractivity (Wildman–Crippen MR) is 64.5 cm³/mol. The molecule has 0 radical (unpaired) electrons. The summed E-state index contributed by atoms with van der Waals surface area (Å²) in [6.45, 7) is 5.40. The molecule has 1 aliphatic heterocycles. The van der Waals surface area contributed by atoms with Gasteiger partial charge < -0.3 is 10.5 Å². The fraction of sp³-hybridized carbons (Fsp3) is 0.571. The predicted octanol–water partition coefficient (Wildman–Crippen LogP) is 2.67. The Morgan fingerprint density at radius 2 is 2.19 bits per heavy atom. The molecule has 2 nitrogen and oxygen atoms in total. The number of fused-ring (bicyclic) bond motifs is 1. The highest BCUT2D eigenvalue weighted by molar-refractivity contribution is 5.46. The first-order valence-corrected chi connectivity index (χ1v) is 6.10. The van der Waals surface area contributed by atoms with Crippen LogP contribution in [-0.4, -0.2) is 6.61 Å². The molecule has 1 aliphatic carbocycles. The molecular formula is C14H19NO. The highest BCUT2D eigenvalue weighted by Crippen LogP contribution is 2.58. The van der Waals surface area contributed by atoms with Gasteiger partial charge >= 0.3 is 0 Å². The highest BCUT2D eigenvalue weighted by Gasteiger charge is 2.50. The van der Waals surface area contributed by atoms with Gasteiger partial charge in [0.1, 0.15) is 5.75 Å². The Morgan fingerprint density at radius 1 is 1.44 bits per heavy atom. The fourth-order valence-electron chi connectivity index (χ4n) is 2.84. The Morgan fingerprint density at radius 3 is 2.88 bits per heavy atom.